The first-order chi connectivity index (χ1) is 6.34. The zero-order chi connectivity index (χ0) is 11.3. The van der Waals surface area contributed by atoms with Crippen molar-refractivity contribution in [1.82, 2.24) is 10.6 Å². The third kappa shape index (κ3) is 4.69. The molecule has 0 aromatic heterocycles. The molecule has 0 heterocycles. The van der Waals surface area contributed by atoms with E-state index in [0.29, 0.717) is 5.92 Å². The summed E-state index contributed by atoms with van der Waals surface area (Å²) in [6.07, 6.45) is 0. The Morgan fingerprint density at radius 3 is 1.93 bits per heavy atom. The summed E-state index contributed by atoms with van der Waals surface area (Å²) in [5.74, 6) is -0.724. The smallest absolute Gasteiger partial charge is 0.325 e. The van der Waals surface area contributed by atoms with Crippen LogP contribution in [0.1, 0.15) is 27.7 Å². The van der Waals surface area contributed by atoms with Gasteiger partial charge in [-0.3, -0.25) is 4.79 Å². The van der Waals surface area contributed by atoms with E-state index in [9.17, 15) is 9.59 Å². The van der Waals surface area contributed by atoms with Crippen LogP contribution in [-0.4, -0.2) is 29.2 Å². The summed E-state index contributed by atoms with van der Waals surface area (Å²) in [5.41, 5.74) is 0. The number of hydrogen-bond donors (Lipinski definition) is 3. The molecular weight excluding hydrogens is 184 g/mol. The number of hydrogen-bond acceptors (Lipinski definition) is 2. The second-order valence-corrected chi connectivity index (χ2v) is 3.71. The molecule has 2 amide bonds. The fourth-order valence-corrected chi connectivity index (χ4v) is 0.673. The Morgan fingerprint density at radius 1 is 1.07 bits per heavy atom. The van der Waals surface area contributed by atoms with Crippen molar-refractivity contribution < 1.29 is 14.7 Å². The summed E-state index contributed by atoms with van der Waals surface area (Å²) in [6, 6.07) is -1.29. The van der Waals surface area contributed by atoms with Crippen molar-refractivity contribution in [2.24, 2.45) is 5.92 Å². The lowest BCUT2D eigenvalue weighted by Gasteiger charge is -2.18. The molecule has 5 heteroatoms. The van der Waals surface area contributed by atoms with Crippen LogP contribution in [0.25, 0.3) is 0 Å². The van der Waals surface area contributed by atoms with Crippen molar-refractivity contribution in [1.29, 1.82) is 0 Å². The van der Waals surface area contributed by atoms with Gasteiger partial charge in [-0.05, 0) is 19.8 Å². The van der Waals surface area contributed by atoms with Crippen molar-refractivity contribution in [3.63, 3.8) is 0 Å². The molecule has 0 fully saturated rings. The Labute approximate surface area is 83.9 Å². The van der Waals surface area contributed by atoms with Crippen LogP contribution in [0, 0.1) is 5.92 Å². The minimum absolute atomic E-state index is 0.0241. The predicted molar refractivity (Wildman–Crippen MR) is 53.1 cm³/mol. The third-order valence-corrected chi connectivity index (χ3v) is 2.08. The van der Waals surface area contributed by atoms with Crippen molar-refractivity contribution in [3.05, 3.63) is 0 Å². The number of carbonyl (C=O) groups excluding carboxylic acids is 1. The van der Waals surface area contributed by atoms with E-state index in [1.807, 2.05) is 20.8 Å². The monoisotopic (exact) mass is 202 g/mol. The number of carboxylic acid groups (broad SMARTS) is 1. The maximum Gasteiger partial charge on any atom is 0.325 e. The Balaban J connectivity index is 3.93. The highest BCUT2D eigenvalue weighted by Crippen LogP contribution is 1.99. The number of carbonyl (C=O) groups is 2. The normalized spacial score (nSPS) is 14.6. The summed E-state index contributed by atoms with van der Waals surface area (Å²) < 4.78 is 0. The second kappa shape index (κ2) is 5.47. The molecule has 82 valence electrons. The minimum atomic E-state index is -1.04. The molecule has 2 atom stereocenters. The average molecular weight is 202 g/mol. The molecule has 3 N–H and O–H groups in total. The number of urea groups is 1. The van der Waals surface area contributed by atoms with Crippen LogP contribution in [0.15, 0.2) is 0 Å². The zero-order valence-corrected chi connectivity index (χ0v) is 9.00. The molecule has 0 saturated carbocycles. The Morgan fingerprint density at radius 2 is 1.57 bits per heavy atom. The van der Waals surface area contributed by atoms with Gasteiger partial charge in [-0.2, -0.15) is 0 Å². The summed E-state index contributed by atoms with van der Waals surface area (Å²) in [5, 5.41) is 13.5. The highest BCUT2D eigenvalue weighted by atomic mass is 16.4. The summed E-state index contributed by atoms with van der Waals surface area (Å²) in [7, 11) is 0. The predicted octanol–water partition coefficient (Wildman–Crippen LogP) is 0.803. The third-order valence-electron chi connectivity index (χ3n) is 2.08. The molecule has 0 bridgehead atoms. The van der Waals surface area contributed by atoms with Crippen LogP contribution in [0.3, 0.4) is 0 Å². The maximum absolute atomic E-state index is 11.2. The maximum atomic E-state index is 11.2. The first-order valence-electron chi connectivity index (χ1n) is 4.64. The number of amides is 2. The van der Waals surface area contributed by atoms with Gasteiger partial charge in [0, 0.05) is 6.04 Å². The van der Waals surface area contributed by atoms with E-state index >= 15 is 0 Å². The van der Waals surface area contributed by atoms with Gasteiger partial charge in [-0.15, -0.1) is 0 Å². The fourth-order valence-electron chi connectivity index (χ4n) is 0.673. The molecule has 0 spiro atoms. The van der Waals surface area contributed by atoms with Gasteiger partial charge < -0.3 is 15.7 Å². The first-order valence-corrected chi connectivity index (χ1v) is 4.64. The van der Waals surface area contributed by atoms with Crippen LogP contribution in [-0.2, 0) is 4.79 Å². The Kier molecular flexibility index (Phi) is 4.97. The summed E-state index contributed by atoms with van der Waals surface area (Å²) >= 11 is 0. The van der Waals surface area contributed by atoms with Crippen LogP contribution in [0.4, 0.5) is 4.79 Å². The SMILES string of the molecule is CC(C)C(C)NC(=O)N[C@H](C)C(=O)O. The molecule has 0 aromatic rings. The zero-order valence-electron chi connectivity index (χ0n) is 9.00. The van der Waals surface area contributed by atoms with Gasteiger partial charge in [0.15, 0.2) is 0 Å². The Hall–Kier alpha value is -1.26. The molecule has 0 aliphatic heterocycles. The molecule has 0 radical (unpaired) electrons. The van der Waals surface area contributed by atoms with Crippen molar-refractivity contribution in [2.45, 2.75) is 39.8 Å². The Bertz CT molecular complexity index is 216. The van der Waals surface area contributed by atoms with Crippen LogP contribution < -0.4 is 10.6 Å². The molecule has 14 heavy (non-hydrogen) atoms. The lowest BCUT2D eigenvalue weighted by Crippen LogP contribution is -2.48. The van der Waals surface area contributed by atoms with E-state index < -0.39 is 18.0 Å². The molecular formula is C9H18N2O3. The van der Waals surface area contributed by atoms with Gasteiger partial charge in [0.05, 0.1) is 0 Å². The number of nitrogens with one attached hydrogen (secondary N) is 2. The largest absolute Gasteiger partial charge is 0.480 e. The number of rotatable bonds is 4. The fraction of sp³-hybridized carbons (Fsp3) is 0.778. The van der Waals surface area contributed by atoms with Gasteiger partial charge in [-0.25, -0.2) is 4.79 Å². The van der Waals surface area contributed by atoms with Crippen LogP contribution in [0.5, 0.6) is 0 Å². The van der Waals surface area contributed by atoms with Gasteiger partial charge in [0.2, 0.25) is 0 Å². The van der Waals surface area contributed by atoms with Gasteiger partial charge >= 0.3 is 12.0 Å². The van der Waals surface area contributed by atoms with E-state index in [2.05, 4.69) is 10.6 Å². The summed E-state index contributed by atoms with van der Waals surface area (Å²) in [6.45, 7) is 7.24. The van der Waals surface area contributed by atoms with Crippen molar-refractivity contribution >= 4 is 12.0 Å². The lowest BCUT2D eigenvalue weighted by molar-refractivity contribution is -0.138. The average Bonchev–Trinajstić information content (AvgIpc) is 2.03. The lowest BCUT2D eigenvalue weighted by atomic mass is 10.1. The standard InChI is InChI=1S/C9H18N2O3/c1-5(2)6(3)10-9(14)11-7(4)8(12)13/h5-7H,1-4H3,(H,12,13)(H2,10,11,14)/t6?,7-/m1/s1. The molecule has 5 nitrogen and oxygen atoms in total. The van der Waals surface area contributed by atoms with Crippen molar-refractivity contribution in [2.75, 3.05) is 0 Å². The molecule has 0 aliphatic rings. The minimum Gasteiger partial charge on any atom is -0.480 e. The second-order valence-electron chi connectivity index (χ2n) is 3.71. The molecule has 0 aromatic carbocycles. The van der Waals surface area contributed by atoms with E-state index in [-0.39, 0.29) is 6.04 Å². The molecule has 0 aliphatic carbocycles. The van der Waals surface area contributed by atoms with Gasteiger partial charge in [0.1, 0.15) is 6.04 Å². The number of carboxylic acids is 1. The van der Waals surface area contributed by atoms with Gasteiger partial charge in [0.25, 0.3) is 0 Å². The quantitative estimate of drug-likeness (QED) is 0.631. The highest BCUT2D eigenvalue weighted by molar-refractivity contribution is 5.82. The van der Waals surface area contributed by atoms with Crippen molar-refractivity contribution in [3.8, 4) is 0 Å². The molecule has 1 unspecified atom stereocenters. The van der Waals surface area contributed by atoms with E-state index in [1.165, 1.54) is 6.92 Å². The van der Waals surface area contributed by atoms with E-state index in [1.54, 1.807) is 0 Å². The topological polar surface area (TPSA) is 78.4 Å². The first kappa shape index (κ1) is 12.7. The van der Waals surface area contributed by atoms with Crippen LogP contribution >= 0.6 is 0 Å². The molecule has 0 saturated heterocycles. The summed E-state index contributed by atoms with van der Waals surface area (Å²) in [4.78, 5) is 21.6. The highest BCUT2D eigenvalue weighted by Gasteiger charge is 2.16. The van der Waals surface area contributed by atoms with Crippen LogP contribution in [0.2, 0.25) is 0 Å². The van der Waals surface area contributed by atoms with E-state index in [0.717, 1.165) is 0 Å². The van der Waals surface area contributed by atoms with Gasteiger partial charge in [-0.1, -0.05) is 13.8 Å². The van der Waals surface area contributed by atoms with E-state index in [4.69, 9.17) is 5.11 Å². The number of aliphatic carboxylic acids is 1. The molecule has 0 rings (SSSR count).